The molecule has 128 valence electrons. The number of nitrogens with two attached hydrogens (primary N) is 1. The SMILES string of the molecule is C[C@H](N)C(=O)N[C@@H](C)C(=O)N[C@@H](C)C(=O)N[C@@H](C)C(=O)O.O. The molecule has 0 saturated heterocycles. The largest absolute Gasteiger partial charge is 0.480 e. The zero-order valence-corrected chi connectivity index (χ0v) is 13.0. The van der Waals surface area contributed by atoms with Crippen molar-refractivity contribution >= 4 is 23.7 Å². The molecule has 0 aromatic rings. The molecule has 0 radical (unpaired) electrons. The van der Waals surface area contributed by atoms with Crippen LogP contribution in [0.4, 0.5) is 0 Å². The van der Waals surface area contributed by atoms with Gasteiger partial charge in [-0.05, 0) is 27.7 Å². The molecule has 0 unspecified atom stereocenters. The number of rotatable bonds is 7. The third-order valence-corrected chi connectivity index (χ3v) is 2.65. The predicted octanol–water partition coefficient (Wildman–Crippen LogP) is -2.89. The lowest BCUT2D eigenvalue weighted by molar-refractivity contribution is -0.141. The molecule has 0 bridgehead atoms. The minimum atomic E-state index is -1.18. The van der Waals surface area contributed by atoms with Gasteiger partial charge in [0.15, 0.2) is 0 Å². The summed E-state index contributed by atoms with van der Waals surface area (Å²) in [7, 11) is 0. The normalized spacial score (nSPS) is 15.3. The van der Waals surface area contributed by atoms with Crippen molar-refractivity contribution in [2.45, 2.75) is 51.9 Å². The van der Waals surface area contributed by atoms with Crippen molar-refractivity contribution in [1.29, 1.82) is 0 Å². The molecular formula is C12H24N4O6. The Hall–Kier alpha value is -2.20. The Morgan fingerprint density at radius 3 is 1.41 bits per heavy atom. The molecule has 4 atom stereocenters. The van der Waals surface area contributed by atoms with Crippen LogP contribution in [0.5, 0.6) is 0 Å². The van der Waals surface area contributed by atoms with Gasteiger partial charge in [0, 0.05) is 0 Å². The molecule has 22 heavy (non-hydrogen) atoms. The third kappa shape index (κ3) is 7.55. The second-order valence-corrected chi connectivity index (χ2v) is 4.82. The zero-order chi connectivity index (χ0) is 16.7. The maximum atomic E-state index is 11.8. The first-order chi connectivity index (χ1) is 9.56. The summed E-state index contributed by atoms with van der Waals surface area (Å²) < 4.78 is 0. The predicted molar refractivity (Wildman–Crippen MR) is 77.7 cm³/mol. The smallest absolute Gasteiger partial charge is 0.325 e. The summed E-state index contributed by atoms with van der Waals surface area (Å²) in [6, 6.07) is -3.62. The van der Waals surface area contributed by atoms with E-state index in [-0.39, 0.29) is 5.48 Å². The van der Waals surface area contributed by atoms with Crippen molar-refractivity contribution in [3.63, 3.8) is 0 Å². The van der Waals surface area contributed by atoms with E-state index in [0.29, 0.717) is 0 Å². The fourth-order valence-corrected chi connectivity index (χ4v) is 1.21. The lowest BCUT2D eigenvalue weighted by Crippen LogP contribution is -2.54. The minimum Gasteiger partial charge on any atom is -0.480 e. The van der Waals surface area contributed by atoms with E-state index in [1.807, 2.05) is 0 Å². The van der Waals surface area contributed by atoms with E-state index in [0.717, 1.165) is 0 Å². The topological polar surface area (TPSA) is 182 Å². The summed E-state index contributed by atoms with van der Waals surface area (Å²) >= 11 is 0. The first-order valence-electron chi connectivity index (χ1n) is 6.45. The van der Waals surface area contributed by atoms with E-state index in [1.54, 1.807) is 0 Å². The van der Waals surface area contributed by atoms with Gasteiger partial charge in [0.05, 0.1) is 6.04 Å². The van der Waals surface area contributed by atoms with Gasteiger partial charge >= 0.3 is 5.97 Å². The van der Waals surface area contributed by atoms with E-state index >= 15 is 0 Å². The number of carboxylic acids is 1. The molecule has 0 saturated carbocycles. The Labute approximate surface area is 128 Å². The van der Waals surface area contributed by atoms with Crippen molar-refractivity contribution in [3.05, 3.63) is 0 Å². The van der Waals surface area contributed by atoms with Gasteiger partial charge in [-0.15, -0.1) is 0 Å². The lowest BCUT2D eigenvalue weighted by atomic mass is 10.2. The van der Waals surface area contributed by atoms with Crippen molar-refractivity contribution in [2.75, 3.05) is 0 Å². The average Bonchev–Trinajstić information content (AvgIpc) is 2.37. The molecule has 0 aliphatic rings. The van der Waals surface area contributed by atoms with Crippen LogP contribution < -0.4 is 21.7 Å². The van der Waals surface area contributed by atoms with Crippen LogP contribution in [0.1, 0.15) is 27.7 Å². The fourth-order valence-electron chi connectivity index (χ4n) is 1.21. The molecule has 10 heteroatoms. The number of hydrogen-bond donors (Lipinski definition) is 5. The number of hydrogen-bond acceptors (Lipinski definition) is 5. The van der Waals surface area contributed by atoms with Crippen LogP contribution in [0.2, 0.25) is 0 Å². The highest BCUT2D eigenvalue weighted by Gasteiger charge is 2.23. The van der Waals surface area contributed by atoms with Crippen molar-refractivity contribution in [1.82, 2.24) is 16.0 Å². The summed E-state index contributed by atoms with van der Waals surface area (Å²) in [4.78, 5) is 45.4. The van der Waals surface area contributed by atoms with E-state index in [4.69, 9.17) is 10.8 Å². The third-order valence-electron chi connectivity index (χ3n) is 2.65. The number of carbonyl (C=O) groups excluding carboxylic acids is 3. The van der Waals surface area contributed by atoms with Gasteiger partial charge in [-0.3, -0.25) is 19.2 Å². The van der Waals surface area contributed by atoms with Crippen LogP contribution in [-0.4, -0.2) is 58.4 Å². The summed E-state index contributed by atoms with van der Waals surface area (Å²) in [6.07, 6.45) is 0. The first-order valence-corrected chi connectivity index (χ1v) is 6.45. The summed E-state index contributed by atoms with van der Waals surface area (Å²) in [5.41, 5.74) is 5.35. The van der Waals surface area contributed by atoms with Gasteiger partial charge in [0.1, 0.15) is 18.1 Å². The van der Waals surface area contributed by atoms with Crippen molar-refractivity contribution < 1.29 is 29.8 Å². The van der Waals surface area contributed by atoms with Gasteiger partial charge < -0.3 is 32.3 Å². The maximum Gasteiger partial charge on any atom is 0.325 e. The molecule has 3 amide bonds. The van der Waals surface area contributed by atoms with Crippen LogP contribution in [0.15, 0.2) is 0 Å². The lowest BCUT2D eigenvalue weighted by Gasteiger charge is -2.19. The quantitative estimate of drug-likeness (QED) is 0.335. The molecule has 0 fully saturated rings. The Kier molecular flexibility index (Phi) is 9.72. The van der Waals surface area contributed by atoms with Crippen LogP contribution >= 0.6 is 0 Å². The highest BCUT2D eigenvalue weighted by molar-refractivity contribution is 5.93. The molecule has 0 aromatic heterocycles. The number of aliphatic carboxylic acids is 1. The van der Waals surface area contributed by atoms with Crippen LogP contribution in [0.25, 0.3) is 0 Å². The Morgan fingerprint density at radius 2 is 1.09 bits per heavy atom. The van der Waals surface area contributed by atoms with Crippen LogP contribution in [0, 0.1) is 0 Å². The van der Waals surface area contributed by atoms with Crippen molar-refractivity contribution in [3.8, 4) is 0 Å². The molecule has 0 heterocycles. The molecular weight excluding hydrogens is 296 g/mol. The van der Waals surface area contributed by atoms with Crippen molar-refractivity contribution in [2.24, 2.45) is 5.73 Å². The molecule has 10 nitrogen and oxygen atoms in total. The summed E-state index contributed by atoms with van der Waals surface area (Å²) in [5, 5.41) is 15.6. The van der Waals surface area contributed by atoms with Gasteiger partial charge in [-0.25, -0.2) is 0 Å². The Morgan fingerprint density at radius 1 is 0.773 bits per heavy atom. The molecule has 0 rings (SSSR count). The molecule has 0 spiro atoms. The number of amides is 3. The van der Waals surface area contributed by atoms with E-state index in [1.165, 1.54) is 27.7 Å². The minimum absolute atomic E-state index is 0. The first kappa shape index (κ1) is 22.1. The average molecular weight is 320 g/mol. The van der Waals surface area contributed by atoms with E-state index in [2.05, 4.69) is 16.0 Å². The fraction of sp³-hybridized carbons (Fsp3) is 0.667. The van der Waals surface area contributed by atoms with E-state index in [9.17, 15) is 19.2 Å². The molecule has 0 aromatic carbocycles. The van der Waals surface area contributed by atoms with Crippen LogP contribution in [-0.2, 0) is 19.2 Å². The summed E-state index contributed by atoms with van der Waals surface area (Å²) in [6.45, 7) is 5.63. The van der Waals surface area contributed by atoms with Crippen LogP contribution in [0.3, 0.4) is 0 Å². The Bertz CT molecular complexity index is 426. The van der Waals surface area contributed by atoms with Gasteiger partial charge in [0.2, 0.25) is 17.7 Å². The second-order valence-electron chi connectivity index (χ2n) is 4.82. The van der Waals surface area contributed by atoms with E-state index < -0.39 is 47.9 Å². The number of nitrogens with one attached hydrogen (secondary N) is 3. The summed E-state index contributed by atoms with van der Waals surface area (Å²) in [5.74, 6) is -2.88. The van der Waals surface area contributed by atoms with Gasteiger partial charge in [-0.2, -0.15) is 0 Å². The Balaban J connectivity index is 0. The van der Waals surface area contributed by atoms with Gasteiger partial charge in [-0.1, -0.05) is 0 Å². The van der Waals surface area contributed by atoms with Gasteiger partial charge in [0.25, 0.3) is 0 Å². The highest BCUT2D eigenvalue weighted by Crippen LogP contribution is 1.91. The highest BCUT2D eigenvalue weighted by atomic mass is 16.4. The number of carbonyl (C=O) groups is 4. The molecule has 0 aliphatic heterocycles. The maximum absolute atomic E-state index is 11.8. The number of carboxylic acid groups (broad SMARTS) is 1. The monoisotopic (exact) mass is 320 g/mol. The molecule has 8 N–H and O–H groups in total. The second kappa shape index (κ2) is 9.68. The standard InChI is InChI=1S/C12H22N4O5.H2O/c1-5(13)9(17)14-6(2)10(18)15-7(3)11(19)16-8(4)12(20)21;/h5-8H,13H2,1-4H3,(H,14,17)(H,15,18)(H,16,19)(H,20,21);1H2/t5-,6-,7-,8-;/m0./s1. The zero-order valence-electron chi connectivity index (χ0n) is 13.0. The molecule has 0 aliphatic carbocycles.